The highest BCUT2D eigenvalue weighted by Crippen LogP contribution is 2.23. The van der Waals surface area contributed by atoms with Crippen LogP contribution in [0.1, 0.15) is 25.9 Å². The average Bonchev–Trinajstić information content (AvgIpc) is 2.39. The lowest BCUT2D eigenvalue weighted by Crippen LogP contribution is -2.12. The molecule has 0 unspecified atom stereocenters. The van der Waals surface area contributed by atoms with Crippen LogP contribution in [0.25, 0.3) is 11.0 Å². The first-order valence-electron chi connectivity index (χ1n) is 6.12. The van der Waals surface area contributed by atoms with Crippen molar-refractivity contribution in [3.05, 3.63) is 44.7 Å². The van der Waals surface area contributed by atoms with E-state index in [2.05, 4.69) is 15.9 Å². The molecule has 0 saturated carbocycles. The van der Waals surface area contributed by atoms with Crippen LogP contribution in [-0.4, -0.2) is 13.2 Å². The molecule has 0 aliphatic heterocycles. The summed E-state index contributed by atoms with van der Waals surface area (Å²) in [6, 6.07) is 6.73. The normalized spacial score (nSPS) is 11.4. The molecule has 0 amide bonds. The number of halogens is 1. The van der Waals surface area contributed by atoms with Gasteiger partial charge in [-0.1, -0.05) is 15.9 Å². The molecule has 0 spiro atoms. The monoisotopic (exact) mass is 326 g/mol. The molecule has 0 radical (unpaired) electrons. The van der Waals surface area contributed by atoms with Crippen molar-refractivity contribution in [1.29, 1.82) is 0 Å². The van der Waals surface area contributed by atoms with Gasteiger partial charge in [0.1, 0.15) is 5.58 Å². The Labute approximate surface area is 119 Å². The third kappa shape index (κ3) is 3.23. The van der Waals surface area contributed by atoms with Crippen LogP contribution in [0.5, 0.6) is 0 Å². The van der Waals surface area contributed by atoms with E-state index in [9.17, 15) is 4.79 Å². The predicted molar refractivity (Wildman–Crippen MR) is 76.2 cm³/mol. The van der Waals surface area contributed by atoms with E-state index in [0.717, 1.165) is 4.47 Å². The van der Waals surface area contributed by atoms with Gasteiger partial charge in [0.15, 0.2) is 11.2 Å². The van der Waals surface area contributed by atoms with Crippen molar-refractivity contribution < 1.29 is 13.9 Å². The minimum Gasteiger partial charge on any atom is -0.455 e. The molecular weight excluding hydrogens is 312 g/mol. The van der Waals surface area contributed by atoms with Crippen molar-refractivity contribution in [2.75, 3.05) is 13.2 Å². The Bertz CT molecular complexity index is 614. The van der Waals surface area contributed by atoms with E-state index < -0.39 is 6.29 Å². The highest BCUT2D eigenvalue weighted by Gasteiger charge is 2.16. The van der Waals surface area contributed by atoms with Gasteiger partial charge in [-0.25, -0.2) is 0 Å². The maximum atomic E-state index is 12.1. The van der Waals surface area contributed by atoms with Gasteiger partial charge in [-0.2, -0.15) is 0 Å². The van der Waals surface area contributed by atoms with Crippen LogP contribution in [0.4, 0.5) is 0 Å². The summed E-state index contributed by atoms with van der Waals surface area (Å²) in [7, 11) is 0. The zero-order valence-electron chi connectivity index (χ0n) is 10.8. The van der Waals surface area contributed by atoms with Crippen LogP contribution in [0, 0.1) is 0 Å². The van der Waals surface area contributed by atoms with Gasteiger partial charge in [-0.3, -0.25) is 4.79 Å². The summed E-state index contributed by atoms with van der Waals surface area (Å²) >= 11 is 3.33. The fraction of sp³-hybridized carbons (Fsp3) is 0.357. The van der Waals surface area contributed by atoms with Crippen molar-refractivity contribution in [3.63, 3.8) is 0 Å². The van der Waals surface area contributed by atoms with E-state index in [1.807, 2.05) is 19.9 Å². The summed E-state index contributed by atoms with van der Waals surface area (Å²) in [5.41, 5.74) is 0.414. The first-order valence-corrected chi connectivity index (χ1v) is 6.91. The largest absolute Gasteiger partial charge is 0.455 e. The molecule has 0 atom stereocenters. The molecular formula is C14H15BrO4. The molecule has 2 rings (SSSR count). The highest BCUT2D eigenvalue weighted by atomic mass is 79.9. The summed E-state index contributed by atoms with van der Waals surface area (Å²) in [4.78, 5) is 12.1. The van der Waals surface area contributed by atoms with Gasteiger partial charge in [0.25, 0.3) is 0 Å². The smallest absolute Gasteiger partial charge is 0.217 e. The van der Waals surface area contributed by atoms with E-state index in [4.69, 9.17) is 13.9 Å². The molecule has 5 heteroatoms. The van der Waals surface area contributed by atoms with Crippen molar-refractivity contribution >= 4 is 26.9 Å². The van der Waals surface area contributed by atoms with Crippen LogP contribution < -0.4 is 5.43 Å². The van der Waals surface area contributed by atoms with Crippen molar-refractivity contribution in [1.82, 2.24) is 0 Å². The van der Waals surface area contributed by atoms with E-state index in [0.29, 0.717) is 29.9 Å². The molecule has 2 aromatic rings. The molecule has 1 aromatic heterocycles. The van der Waals surface area contributed by atoms with Gasteiger partial charge < -0.3 is 13.9 Å². The highest BCUT2D eigenvalue weighted by molar-refractivity contribution is 9.10. The minimum atomic E-state index is -0.643. The summed E-state index contributed by atoms with van der Waals surface area (Å²) in [5.74, 6) is 0.392. The standard InChI is InChI=1S/C14H15BrO4/c1-3-17-14(18-4-2)13-8-11(16)10-7-9(15)5-6-12(10)19-13/h5-8,14H,3-4H2,1-2H3. The molecule has 1 aromatic carbocycles. The summed E-state index contributed by atoms with van der Waals surface area (Å²) in [6.45, 7) is 4.68. The lowest BCUT2D eigenvalue weighted by molar-refractivity contribution is -0.150. The van der Waals surface area contributed by atoms with E-state index in [1.165, 1.54) is 6.07 Å². The van der Waals surface area contributed by atoms with Crippen LogP contribution in [0.15, 0.2) is 37.9 Å². The maximum Gasteiger partial charge on any atom is 0.217 e. The predicted octanol–water partition coefficient (Wildman–Crippen LogP) is 3.63. The van der Waals surface area contributed by atoms with Crippen LogP contribution in [0.2, 0.25) is 0 Å². The lowest BCUT2D eigenvalue weighted by atomic mass is 10.2. The van der Waals surface area contributed by atoms with Crippen molar-refractivity contribution in [3.8, 4) is 0 Å². The summed E-state index contributed by atoms with van der Waals surface area (Å²) in [5, 5.41) is 0.532. The molecule has 0 bridgehead atoms. The fourth-order valence-corrected chi connectivity index (χ4v) is 2.14. The van der Waals surface area contributed by atoms with E-state index in [-0.39, 0.29) is 5.43 Å². The quantitative estimate of drug-likeness (QED) is 0.787. The Balaban J connectivity index is 2.50. The van der Waals surface area contributed by atoms with Crippen LogP contribution in [-0.2, 0) is 9.47 Å². The maximum absolute atomic E-state index is 12.1. The van der Waals surface area contributed by atoms with Gasteiger partial charge in [0.2, 0.25) is 6.29 Å². The summed E-state index contributed by atoms with van der Waals surface area (Å²) < 4.78 is 17.4. The number of hydrogen-bond donors (Lipinski definition) is 0. The fourth-order valence-electron chi connectivity index (χ4n) is 1.78. The van der Waals surface area contributed by atoms with Crippen molar-refractivity contribution in [2.45, 2.75) is 20.1 Å². The second-order valence-electron chi connectivity index (χ2n) is 3.90. The molecule has 0 N–H and O–H groups in total. The van der Waals surface area contributed by atoms with Gasteiger partial charge >= 0.3 is 0 Å². The van der Waals surface area contributed by atoms with E-state index in [1.54, 1.807) is 12.1 Å². The van der Waals surface area contributed by atoms with Gasteiger partial charge in [-0.05, 0) is 32.0 Å². The Morgan fingerprint density at radius 3 is 2.53 bits per heavy atom. The van der Waals surface area contributed by atoms with Crippen LogP contribution in [0.3, 0.4) is 0 Å². The molecule has 102 valence electrons. The topological polar surface area (TPSA) is 48.7 Å². The van der Waals surface area contributed by atoms with Crippen LogP contribution >= 0.6 is 15.9 Å². The SMILES string of the molecule is CCOC(OCC)c1cc(=O)c2cc(Br)ccc2o1. The minimum absolute atomic E-state index is 0.109. The zero-order chi connectivity index (χ0) is 13.8. The molecule has 19 heavy (non-hydrogen) atoms. The number of ether oxygens (including phenoxy) is 2. The Morgan fingerprint density at radius 2 is 1.89 bits per heavy atom. The van der Waals surface area contributed by atoms with Crippen molar-refractivity contribution in [2.24, 2.45) is 0 Å². The number of rotatable bonds is 5. The number of fused-ring (bicyclic) bond motifs is 1. The number of hydrogen-bond acceptors (Lipinski definition) is 4. The van der Waals surface area contributed by atoms with E-state index >= 15 is 0 Å². The first-order chi connectivity index (χ1) is 9.15. The molecule has 1 heterocycles. The molecule has 0 aliphatic rings. The van der Waals surface area contributed by atoms with Gasteiger partial charge in [0, 0.05) is 23.8 Å². The Morgan fingerprint density at radius 1 is 1.21 bits per heavy atom. The third-order valence-corrected chi connectivity index (χ3v) is 3.07. The first kappa shape index (κ1) is 14.2. The molecule has 0 aliphatic carbocycles. The Hall–Kier alpha value is -1.17. The van der Waals surface area contributed by atoms with Gasteiger partial charge in [0.05, 0.1) is 5.39 Å². The second kappa shape index (κ2) is 6.32. The molecule has 4 nitrogen and oxygen atoms in total. The Kier molecular flexibility index (Phi) is 4.74. The zero-order valence-corrected chi connectivity index (χ0v) is 12.4. The molecule has 0 saturated heterocycles. The summed E-state index contributed by atoms with van der Waals surface area (Å²) in [6.07, 6.45) is -0.643. The van der Waals surface area contributed by atoms with Gasteiger partial charge in [-0.15, -0.1) is 0 Å². The third-order valence-electron chi connectivity index (χ3n) is 2.58. The second-order valence-corrected chi connectivity index (χ2v) is 4.81. The molecule has 0 fully saturated rings. The number of benzene rings is 1. The average molecular weight is 327 g/mol. The lowest BCUT2D eigenvalue weighted by Gasteiger charge is -2.16.